The molecule has 1 aliphatic rings. The average Bonchev–Trinajstić information content (AvgIpc) is 3.45. The third kappa shape index (κ3) is 5.98. The Bertz CT molecular complexity index is 1620. The summed E-state index contributed by atoms with van der Waals surface area (Å²) in [6.45, 7) is 1.99. The van der Waals surface area contributed by atoms with Crippen molar-refractivity contribution in [3.8, 4) is 5.75 Å². The number of hydrogen-bond acceptors (Lipinski definition) is 7. The van der Waals surface area contributed by atoms with Gasteiger partial charge in [-0.25, -0.2) is 0 Å². The fourth-order valence-corrected chi connectivity index (χ4v) is 4.94. The number of benzene rings is 3. The van der Waals surface area contributed by atoms with E-state index in [0.29, 0.717) is 28.4 Å². The van der Waals surface area contributed by atoms with Crippen LogP contribution >= 0.6 is 12.2 Å². The zero-order chi connectivity index (χ0) is 29.8. The molecule has 0 aliphatic carbocycles. The molecule has 4 aromatic rings. The number of nitrogens with zero attached hydrogens (tertiary/aromatic N) is 4. The Hall–Kier alpha value is -5.10. The fourth-order valence-electron chi connectivity index (χ4n) is 4.55. The topological polar surface area (TPSA) is 121 Å². The van der Waals surface area contributed by atoms with Crippen molar-refractivity contribution >= 4 is 52.3 Å². The lowest BCUT2D eigenvalue weighted by atomic mass is 10.1. The lowest BCUT2D eigenvalue weighted by molar-refractivity contribution is -0.746. The molecule has 12 heteroatoms. The summed E-state index contributed by atoms with van der Waals surface area (Å²) in [5.74, 6) is -0.338. The minimum atomic E-state index is -0.926. The van der Waals surface area contributed by atoms with Gasteiger partial charge in [0.25, 0.3) is 17.5 Å². The predicted octanol–water partition coefficient (Wildman–Crippen LogP) is 3.60. The molecule has 0 spiro atoms. The molecule has 1 fully saturated rings. The number of thiocarbonyl (C=S) groups is 1. The number of hydrogen-bond donors (Lipinski definition) is 2. The average molecular weight is 586 g/mol. The Balaban J connectivity index is 1.42. The third-order valence-corrected chi connectivity index (χ3v) is 7.27. The fraction of sp³-hybridized carbons (Fsp3) is 0.200. The molecule has 214 valence electrons. The number of nitrogens with one attached hydrogen (secondary N) is 2. The molecular weight excluding hydrogens is 556 g/mol. The van der Waals surface area contributed by atoms with Gasteiger partial charge in [0, 0.05) is 11.3 Å². The number of anilines is 3. The van der Waals surface area contributed by atoms with Gasteiger partial charge in [-0.1, -0.05) is 35.9 Å². The molecule has 5 rings (SSSR count). The summed E-state index contributed by atoms with van der Waals surface area (Å²) in [5.41, 5.74) is 3.07. The maximum absolute atomic E-state index is 13.8. The predicted molar refractivity (Wildman–Crippen MR) is 159 cm³/mol. The summed E-state index contributed by atoms with van der Waals surface area (Å²) >= 11 is 5.80. The number of aryl methyl sites for hydroxylation is 2. The van der Waals surface area contributed by atoms with Crippen LogP contribution in [-0.4, -0.2) is 46.2 Å². The summed E-state index contributed by atoms with van der Waals surface area (Å²) in [6, 6.07) is 22.0. The van der Waals surface area contributed by atoms with E-state index in [0.717, 1.165) is 5.56 Å². The summed E-state index contributed by atoms with van der Waals surface area (Å²) in [7, 11) is 3.21. The van der Waals surface area contributed by atoms with Crippen LogP contribution < -0.4 is 25.0 Å². The second kappa shape index (κ2) is 12.2. The second-order valence-electron chi connectivity index (χ2n) is 9.71. The van der Waals surface area contributed by atoms with E-state index in [2.05, 4.69) is 15.9 Å². The summed E-state index contributed by atoms with van der Waals surface area (Å²) in [4.78, 5) is 42.9. The van der Waals surface area contributed by atoms with Crippen LogP contribution in [0.2, 0.25) is 0 Å². The first-order valence-corrected chi connectivity index (χ1v) is 13.5. The molecule has 0 radical (unpaired) electrons. The van der Waals surface area contributed by atoms with Gasteiger partial charge in [-0.3, -0.25) is 29.1 Å². The zero-order valence-electron chi connectivity index (χ0n) is 23.2. The maximum Gasteiger partial charge on any atom is 0.307 e. The number of carbonyl (C=O) groups is 3. The molecule has 2 heterocycles. The standard InChI is InChI=1S/C30H28N6O5S/c1-19-9-13-22(14-10-19)36-29(39)24(17-26(37)31-21-11-15-23(40-3)16-12-21)35(30(36)42)18-25-28(41-33-34(25)2)32-27(38)20-7-5-4-6-8-20/h4-16,24H,17-18H2,1-3H3,(H-,31,32,33,37,38)/p+1. The van der Waals surface area contributed by atoms with Gasteiger partial charge in [-0.2, -0.15) is 0 Å². The van der Waals surface area contributed by atoms with Crippen molar-refractivity contribution in [2.24, 2.45) is 7.05 Å². The van der Waals surface area contributed by atoms with Crippen LogP contribution in [0.1, 0.15) is 28.0 Å². The SMILES string of the molecule is COc1ccc(NC(=O)CC2C(=O)N(c3ccc(C)cc3)C(=S)N2Cc2c(NC(=O)c3ccccc3)on[n+]2C)cc1. The Morgan fingerprint density at radius 3 is 2.38 bits per heavy atom. The molecule has 0 bridgehead atoms. The van der Waals surface area contributed by atoms with Crippen LogP contribution in [0.4, 0.5) is 17.3 Å². The highest BCUT2D eigenvalue weighted by Crippen LogP contribution is 2.30. The Morgan fingerprint density at radius 2 is 1.71 bits per heavy atom. The molecule has 3 aromatic carbocycles. The smallest absolute Gasteiger partial charge is 0.307 e. The van der Waals surface area contributed by atoms with Crippen LogP contribution in [0.5, 0.6) is 5.75 Å². The van der Waals surface area contributed by atoms with E-state index in [1.807, 2.05) is 37.3 Å². The van der Waals surface area contributed by atoms with Crippen molar-refractivity contribution in [3.05, 3.63) is 95.7 Å². The molecule has 1 aliphatic heterocycles. The number of amides is 3. The number of aromatic nitrogens is 2. The van der Waals surface area contributed by atoms with Crippen LogP contribution in [0.25, 0.3) is 0 Å². The molecular formula is C30H29N6O5S+. The first-order chi connectivity index (χ1) is 20.2. The largest absolute Gasteiger partial charge is 0.497 e. The third-order valence-electron chi connectivity index (χ3n) is 6.85. The maximum atomic E-state index is 13.8. The summed E-state index contributed by atoms with van der Waals surface area (Å²) in [6.07, 6.45) is -0.173. The van der Waals surface area contributed by atoms with Crippen molar-refractivity contribution in [3.63, 3.8) is 0 Å². The minimum absolute atomic E-state index is 0.0395. The van der Waals surface area contributed by atoms with Gasteiger partial charge in [0.2, 0.25) is 11.2 Å². The Labute approximate surface area is 247 Å². The highest BCUT2D eigenvalue weighted by Gasteiger charge is 2.46. The van der Waals surface area contributed by atoms with Gasteiger partial charge in [0.15, 0.2) is 12.2 Å². The number of carbonyl (C=O) groups excluding carboxylic acids is 3. The van der Waals surface area contributed by atoms with E-state index in [-0.39, 0.29) is 41.7 Å². The summed E-state index contributed by atoms with van der Waals surface area (Å²) in [5, 5.41) is 9.76. The van der Waals surface area contributed by atoms with Gasteiger partial charge in [0.1, 0.15) is 18.3 Å². The Kier molecular flexibility index (Phi) is 8.25. The van der Waals surface area contributed by atoms with E-state index in [9.17, 15) is 14.4 Å². The first-order valence-electron chi connectivity index (χ1n) is 13.1. The second-order valence-corrected chi connectivity index (χ2v) is 10.1. The van der Waals surface area contributed by atoms with Crippen LogP contribution in [0, 0.1) is 6.92 Å². The highest BCUT2D eigenvalue weighted by molar-refractivity contribution is 7.80. The molecule has 11 nitrogen and oxygen atoms in total. The van der Waals surface area contributed by atoms with Gasteiger partial charge >= 0.3 is 5.88 Å². The first kappa shape index (κ1) is 28.4. The van der Waals surface area contributed by atoms with Gasteiger partial charge in [-0.15, -0.1) is 0 Å². The molecule has 1 unspecified atom stereocenters. The number of rotatable bonds is 9. The van der Waals surface area contributed by atoms with Crippen molar-refractivity contribution in [1.82, 2.24) is 10.2 Å². The van der Waals surface area contributed by atoms with Crippen molar-refractivity contribution in [2.75, 3.05) is 22.6 Å². The molecule has 1 saturated heterocycles. The summed E-state index contributed by atoms with van der Waals surface area (Å²) < 4.78 is 12.1. The van der Waals surface area contributed by atoms with E-state index < -0.39 is 6.04 Å². The molecule has 2 N–H and O–H groups in total. The van der Waals surface area contributed by atoms with Crippen molar-refractivity contribution in [2.45, 2.75) is 25.9 Å². The number of methoxy groups -OCH3 is 1. The monoisotopic (exact) mass is 585 g/mol. The highest BCUT2D eigenvalue weighted by atomic mass is 32.1. The van der Waals surface area contributed by atoms with E-state index in [4.69, 9.17) is 21.5 Å². The minimum Gasteiger partial charge on any atom is -0.497 e. The zero-order valence-corrected chi connectivity index (χ0v) is 24.1. The van der Waals surface area contributed by atoms with Gasteiger partial charge in [0.05, 0.1) is 19.2 Å². The van der Waals surface area contributed by atoms with Crippen molar-refractivity contribution in [1.29, 1.82) is 0 Å². The normalized spacial score (nSPS) is 14.7. The molecule has 1 atom stereocenters. The van der Waals surface area contributed by atoms with E-state index >= 15 is 0 Å². The molecule has 1 aromatic heterocycles. The molecule has 42 heavy (non-hydrogen) atoms. The van der Waals surface area contributed by atoms with Crippen molar-refractivity contribution < 1.29 is 28.3 Å². The van der Waals surface area contributed by atoms with Gasteiger partial charge < -0.3 is 15.0 Å². The van der Waals surface area contributed by atoms with Gasteiger partial charge in [-0.05, 0) is 72.4 Å². The Morgan fingerprint density at radius 1 is 1.02 bits per heavy atom. The molecule has 0 saturated carbocycles. The van der Waals surface area contributed by atoms with Crippen LogP contribution in [0.3, 0.4) is 0 Å². The van der Waals surface area contributed by atoms with Crippen LogP contribution in [0.15, 0.2) is 83.4 Å². The quantitative estimate of drug-likeness (QED) is 0.226. The van der Waals surface area contributed by atoms with E-state index in [1.54, 1.807) is 67.6 Å². The van der Waals surface area contributed by atoms with E-state index in [1.165, 1.54) is 9.58 Å². The lowest BCUT2D eigenvalue weighted by Crippen LogP contribution is -2.43. The van der Waals surface area contributed by atoms with Crippen LogP contribution in [-0.2, 0) is 23.2 Å². The molecule has 3 amide bonds. The number of ether oxygens (including phenoxy) is 1. The lowest BCUT2D eigenvalue weighted by Gasteiger charge is -2.22.